The molecule has 0 bridgehead atoms. The molecule has 9 nitrogen and oxygen atoms in total. The molecule has 0 aliphatic carbocycles. The van der Waals surface area contributed by atoms with Gasteiger partial charge in [-0.15, -0.1) is 0 Å². The number of ether oxygens (including phenoxy) is 1. The van der Waals surface area contributed by atoms with Crippen molar-refractivity contribution in [1.29, 1.82) is 0 Å². The molecule has 0 saturated heterocycles. The van der Waals surface area contributed by atoms with Gasteiger partial charge in [0.25, 0.3) is 15.9 Å². The molecule has 4 rings (SSSR count). The molecule has 1 amide bonds. The number of benzene rings is 3. The smallest absolute Gasteiger partial charge is 0.267 e. The third kappa shape index (κ3) is 5.81. The Labute approximate surface area is 223 Å². The molecular weight excluding hydrogens is 573 g/mol. The lowest BCUT2D eigenvalue weighted by Gasteiger charge is -2.34. The van der Waals surface area contributed by atoms with Crippen molar-refractivity contribution in [1.82, 2.24) is 0 Å². The summed E-state index contributed by atoms with van der Waals surface area (Å²) in [4.78, 5) is 12.8. The van der Waals surface area contributed by atoms with Crippen molar-refractivity contribution in [2.45, 2.75) is 11.0 Å². The molecule has 2 N–H and O–H groups in total. The van der Waals surface area contributed by atoms with Gasteiger partial charge in [-0.05, 0) is 60.7 Å². The second kappa shape index (κ2) is 9.98. The second-order valence-electron chi connectivity index (χ2n) is 7.76. The van der Waals surface area contributed by atoms with E-state index < -0.39 is 32.1 Å². The number of carbonyl (C=O) groups excluding carboxylic acids is 1. The maximum absolute atomic E-state index is 12.9. The average molecular weight is 591 g/mol. The van der Waals surface area contributed by atoms with Crippen molar-refractivity contribution in [3.8, 4) is 5.75 Å². The maximum atomic E-state index is 12.9. The third-order valence-corrected chi connectivity index (χ3v) is 8.40. The average Bonchev–Trinajstić information content (AvgIpc) is 2.80. The summed E-state index contributed by atoms with van der Waals surface area (Å²) in [6.07, 6.45) is -0.145. The van der Waals surface area contributed by atoms with Gasteiger partial charge in [0, 0.05) is 15.7 Å². The number of anilines is 3. The molecule has 0 radical (unpaired) electrons. The van der Waals surface area contributed by atoms with Crippen LogP contribution in [0.25, 0.3) is 0 Å². The van der Waals surface area contributed by atoms with E-state index >= 15 is 0 Å². The number of sulfonamides is 2. The van der Waals surface area contributed by atoms with Crippen LogP contribution in [0.3, 0.4) is 0 Å². The monoisotopic (exact) mass is 589 g/mol. The maximum Gasteiger partial charge on any atom is 0.267 e. The first-order valence-corrected chi connectivity index (χ1v) is 14.6. The summed E-state index contributed by atoms with van der Waals surface area (Å²) in [6, 6.07) is 14.2. The second-order valence-corrected chi connectivity index (χ2v) is 12.6. The van der Waals surface area contributed by atoms with E-state index in [0.717, 1.165) is 10.6 Å². The van der Waals surface area contributed by atoms with Gasteiger partial charge in [-0.25, -0.2) is 16.8 Å². The molecule has 1 aliphatic heterocycles. The highest BCUT2D eigenvalue weighted by molar-refractivity contribution is 7.92. The highest BCUT2D eigenvalue weighted by Gasteiger charge is 2.35. The number of nitrogens with one attached hydrogen (secondary N) is 2. The van der Waals surface area contributed by atoms with Gasteiger partial charge in [-0.1, -0.05) is 34.8 Å². The first kappa shape index (κ1) is 26.4. The van der Waals surface area contributed by atoms with E-state index in [0.29, 0.717) is 10.0 Å². The van der Waals surface area contributed by atoms with Crippen LogP contribution in [0.2, 0.25) is 15.1 Å². The summed E-state index contributed by atoms with van der Waals surface area (Å²) in [6.45, 7) is -0.268. The Balaban J connectivity index is 1.49. The molecule has 1 heterocycles. The lowest BCUT2D eigenvalue weighted by molar-refractivity contribution is -0.122. The van der Waals surface area contributed by atoms with E-state index in [-0.39, 0.29) is 39.3 Å². The summed E-state index contributed by atoms with van der Waals surface area (Å²) >= 11 is 17.9. The van der Waals surface area contributed by atoms with E-state index in [1.54, 1.807) is 0 Å². The quantitative estimate of drug-likeness (QED) is 0.432. The van der Waals surface area contributed by atoms with Gasteiger partial charge in [0.05, 0.1) is 34.1 Å². The third-order valence-electron chi connectivity index (χ3n) is 5.09. The summed E-state index contributed by atoms with van der Waals surface area (Å²) in [7, 11) is -7.70. The van der Waals surface area contributed by atoms with Crippen LogP contribution in [-0.2, 0) is 24.8 Å². The van der Waals surface area contributed by atoms with Gasteiger partial charge in [0.1, 0.15) is 5.75 Å². The summed E-state index contributed by atoms with van der Waals surface area (Å²) in [5.41, 5.74) is 0.668. The summed E-state index contributed by atoms with van der Waals surface area (Å²) in [5, 5.41) is 3.42. The van der Waals surface area contributed by atoms with E-state index in [9.17, 15) is 21.6 Å². The zero-order chi connectivity index (χ0) is 26.3. The van der Waals surface area contributed by atoms with Crippen LogP contribution in [0.4, 0.5) is 17.1 Å². The molecule has 0 saturated carbocycles. The minimum Gasteiger partial charge on any atom is -0.476 e. The van der Waals surface area contributed by atoms with Gasteiger partial charge in [-0.3, -0.25) is 13.8 Å². The number of rotatable bonds is 6. The molecule has 0 spiro atoms. The zero-order valence-electron chi connectivity index (χ0n) is 18.4. The standard InChI is InChI=1S/C22H18Cl3N3O6S2/c1-35(30,31)28-12-21(34-20-9-3-14(24)11-19(20)28)22(29)26-15-4-6-16(7-5-15)36(32,33)27-18-8-2-13(23)10-17(18)25/h2-11,21,27H,12H2,1H3,(H,26,29)/t21-/m0/s1. The molecule has 0 aromatic heterocycles. The predicted molar refractivity (Wildman–Crippen MR) is 140 cm³/mol. The van der Waals surface area contributed by atoms with E-state index in [1.807, 2.05) is 0 Å². The summed E-state index contributed by atoms with van der Waals surface area (Å²) < 4.78 is 59.2. The molecule has 36 heavy (non-hydrogen) atoms. The fraction of sp³-hybridized carbons (Fsp3) is 0.136. The Morgan fingerprint density at radius 2 is 1.58 bits per heavy atom. The SMILES string of the molecule is CS(=O)(=O)N1C[C@@H](C(=O)Nc2ccc(S(=O)(=O)Nc3ccc(Cl)cc3Cl)cc2)Oc2ccc(Cl)cc21. The topological polar surface area (TPSA) is 122 Å². The number of fused-ring (bicyclic) bond motifs is 1. The lowest BCUT2D eigenvalue weighted by Crippen LogP contribution is -2.48. The Morgan fingerprint density at radius 3 is 2.22 bits per heavy atom. The number of carbonyl (C=O) groups is 1. The number of amides is 1. The molecule has 190 valence electrons. The van der Waals surface area contributed by atoms with Gasteiger partial charge < -0.3 is 10.1 Å². The van der Waals surface area contributed by atoms with Gasteiger partial charge in [0.2, 0.25) is 10.0 Å². The van der Waals surface area contributed by atoms with Gasteiger partial charge >= 0.3 is 0 Å². The highest BCUT2D eigenvalue weighted by atomic mass is 35.5. The van der Waals surface area contributed by atoms with Crippen molar-refractivity contribution < 1.29 is 26.4 Å². The van der Waals surface area contributed by atoms with E-state index in [4.69, 9.17) is 39.5 Å². The van der Waals surface area contributed by atoms with Crippen LogP contribution in [0.15, 0.2) is 65.6 Å². The Morgan fingerprint density at radius 1 is 0.944 bits per heavy atom. The van der Waals surface area contributed by atoms with Crippen molar-refractivity contribution >= 4 is 77.8 Å². The van der Waals surface area contributed by atoms with Crippen molar-refractivity contribution in [2.24, 2.45) is 0 Å². The number of hydrogen-bond donors (Lipinski definition) is 2. The largest absolute Gasteiger partial charge is 0.476 e. The summed E-state index contributed by atoms with van der Waals surface area (Å²) in [5.74, 6) is -0.435. The minimum atomic E-state index is -3.97. The van der Waals surface area contributed by atoms with Crippen LogP contribution in [0.1, 0.15) is 0 Å². The Hall–Kier alpha value is -2.70. The molecule has 3 aromatic rings. The zero-order valence-corrected chi connectivity index (χ0v) is 22.3. The molecule has 1 atom stereocenters. The fourth-order valence-electron chi connectivity index (χ4n) is 3.39. The van der Waals surface area contributed by atoms with Crippen molar-refractivity contribution in [3.05, 3.63) is 75.7 Å². The van der Waals surface area contributed by atoms with E-state index in [1.165, 1.54) is 60.7 Å². The molecule has 0 unspecified atom stereocenters. The molecule has 1 aliphatic rings. The highest BCUT2D eigenvalue weighted by Crippen LogP contribution is 2.37. The number of hydrogen-bond acceptors (Lipinski definition) is 6. The Kier molecular flexibility index (Phi) is 7.31. The Bertz CT molecular complexity index is 1550. The van der Waals surface area contributed by atoms with Crippen LogP contribution in [0.5, 0.6) is 5.75 Å². The van der Waals surface area contributed by atoms with Crippen LogP contribution in [-0.4, -0.2) is 41.6 Å². The number of nitrogens with zero attached hydrogens (tertiary/aromatic N) is 1. The van der Waals surface area contributed by atoms with Gasteiger partial charge in [0.15, 0.2) is 6.10 Å². The van der Waals surface area contributed by atoms with Gasteiger partial charge in [-0.2, -0.15) is 0 Å². The minimum absolute atomic E-state index is 0.0745. The predicted octanol–water partition coefficient (Wildman–Crippen LogP) is 4.61. The van der Waals surface area contributed by atoms with Crippen LogP contribution in [0, 0.1) is 0 Å². The molecule has 3 aromatic carbocycles. The molecular formula is C22H18Cl3N3O6S2. The van der Waals surface area contributed by atoms with Crippen molar-refractivity contribution in [2.75, 3.05) is 27.1 Å². The van der Waals surface area contributed by atoms with Crippen LogP contribution < -0.4 is 19.1 Å². The first-order chi connectivity index (χ1) is 16.8. The normalized spacial score (nSPS) is 15.6. The number of halogens is 3. The van der Waals surface area contributed by atoms with Crippen molar-refractivity contribution in [3.63, 3.8) is 0 Å². The lowest BCUT2D eigenvalue weighted by atomic mass is 10.2. The first-order valence-electron chi connectivity index (χ1n) is 10.2. The molecule has 0 fully saturated rings. The fourth-order valence-corrected chi connectivity index (χ4v) is 6.06. The van der Waals surface area contributed by atoms with Crippen LogP contribution >= 0.6 is 34.8 Å². The van der Waals surface area contributed by atoms with E-state index in [2.05, 4.69) is 10.0 Å². The molecule has 14 heteroatoms.